The molecule has 0 saturated carbocycles. The molecule has 0 bridgehead atoms. The van der Waals surface area contributed by atoms with Crippen LogP contribution in [-0.4, -0.2) is 31.2 Å². The molecule has 3 N–H and O–H groups in total. The Bertz CT molecular complexity index is 176. The Balaban J connectivity index is 0.000000605. The molecule has 2 rings (SSSR count). The molecule has 2 aliphatic rings. The third kappa shape index (κ3) is 1.21. The maximum absolute atomic E-state index is 10.9. The van der Waals surface area contributed by atoms with Gasteiger partial charge in [0.15, 0.2) is 0 Å². The number of carbonyl (C=O) groups excluding carboxylic acids is 1. The highest BCUT2D eigenvalue weighted by Gasteiger charge is 2.43. The number of fused-ring (bicyclic) bond motifs is 1. The van der Waals surface area contributed by atoms with Crippen LogP contribution in [0.3, 0.4) is 0 Å². The van der Waals surface area contributed by atoms with E-state index >= 15 is 0 Å². The Hall–Kier alpha value is -0.320. The van der Waals surface area contributed by atoms with Crippen LogP contribution >= 0.6 is 12.4 Å². The molecule has 0 aromatic rings. The summed E-state index contributed by atoms with van der Waals surface area (Å²) in [6.07, 6.45) is 0. The highest BCUT2D eigenvalue weighted by atomic mass is 35.5. The van der Waals surface area contributed by atoms with Gasteiger partial charge in [0, 0.05) is 5.92 Å². The lowest BCUT2D eigenvalue weighted by molar-refractivity contribution is -0.121. The van der Waals surface area contributed by atoms with Crippen LogP contribution in [-0.2, 0) is 9.53 Å². The monoisotopic (exact) mass is 178 g/mol. The molecule has 2 saturated heterocycles. The van der Waals surface area contributed by atoms with Crippen LogP contribution in [0.5, 0.6) is 0 Å². The summed E-state index contributed by atoms with van der Waals surface area (Å²) in [5.74, 6) is 0.186. The van der Waals surface area contributed by atoms with Gasteiger partial charge in [-0.15, -0.1) is 12.4 Å². The normalized spacial score (nSPS) is 41.2. The molecule has 2 heterocycles. The largest absolute Gasteiger partial charge is 0.379 e. The minimum absolute atomic E-state index is 0. The Kier molecular flexibility index (Phi) is 2.37. The molecule has 64 valence electrons. The van der Waals surface area contributed by atoms with Crippen LogP contribution in [0.15, 0.2) is 0 Å². The number of nitrogens with two attached hydrogens (primary N) is 1. The van der Waals surface area contributed by atoms with Gasteiger partial charge in [0.2, 0.25) is 5.91 Å². The van der Waals surface area contributed by atoms with Crippen molar-refractivity contribution < 1.29 is 9.53 Å². The number of amides is 1. The molecule has 0 aliphatic carbocycles. The summed E-state index contributed by atoms with van der Waals surface area (Å²) < 4.78 is 5.14. The number of halogens is 1. The standard InChI is InChI=1S/C6H10N2O2.ClH/c7-5-3-1-10-2-4(3)8-6(5)9;/h3-5H,1-2,7H2,(H,8,9);1H. The van der Waals surface area contributed by atoms with E-state index in [2.05, 4.69) is 5.32 Å². The molecule has 3 atom stereocenters. The number of ether oxygens (including phenoxy) is 1. The SMILES string of the molecule is Cl.NC1C(=O)NC2COCC21. The third-order valence-electron chi connectivity index (χ3n) is 2.22. The van der Waals surface area contributed by atoms with Gasteiger partial charge >= 0.3 is 0 Å². The van der Waals surface area contributed by atoms with Gasteiger partial charge in [-0.25, -0.2) is 0 Å². The first-order valence-corrected chi connectivity index (χ1v) is 3.43. The van der Waals surface area contributed by atoms with Crippen LogP contribution in [0.2, 0.25) is 0 Å². The first-order chi connectivity index (χ1) is 4.79. The van der Waals surface area contributed by atoms with Crippen molar-refractivity contribution in [1.29, 1.82) is 0 Å². The topological polar surface area (TPSA) is 64.4 Å². The molecule has 2 aliphatic heterocycles. The number of carbonyl (C=O) groups is 1. The lowest BCUT2D eigenvalue weighted by Crippen LogP contribution is -2.35. The number of hydrogen-bond donors (Lipinski definition) is 2. The van der Waals surface area contributed by atoms with Crippen molar-refractivity contribution in [2.45, 2.75) is 12.1 Å². The van der Waals surface area contributed by atoms with Gasteiger partial charge in [-0.05, 0) is 0 Å². The van der Waals surface area contributed by atoms with Gasteiger partial charge < -0.3 is 15.8 Å². The first kappa shape index (κ1) is 8.77. The zero-order chi connectivity index (χ0) is 7.14. The second kappa shape index (κ2) is 2.97. The van der Waals surface area contributed by atoms with E-state index in [1.54, 1.807) is 0 Å². The van der Waals surface area contributed by atoms with Gasteiger partial charge in [0.25, 0.3) is 0 Å². The molecule has 4 nitrogen and oxygen atoms in total. The highest BCUT2D eigenvalue weighted by molar-refractivity contribution is 5.85. The van der Waals surface area contributed by atoms with Gasteiger partial charge in [-0.2, -0.15) is 0 Å². The van der Waals surface area contributed by atoms with Gasteiger partial charge in [-0.1, -0.05) is 0 Å². The van der Waals surface area contributed by atoms with E-state index in [1.165, 1.54) is 0 Å². The molecule has 3 unspecified atom stereocenters. The van der Waals surface area contributed by atoms with Crippen LogP contribution in [0.25, 0.3) is 0 Å². The molecular formula is C6H11ClN2O2. The Morgan fingerprint density at radius 1 is 1.55 bits per heavy atom. The summed E-state index contributed by atoms with van der Waals surface area (Å²) in [5.41, 5.74) is 5.57. The van der Waals surface area contributed by atoms with E-state index in [1.807, 2.05) is 0 Å². The molecule has 0 aromatic carbocycles. The van der Waals surface area contributed by atoms with Gasteiger partial charge in [0.1, 0.15) is 0 Å². The predicted octanol–water partition coefficient (Wildman–Crippen LogP) is -1.12. The summed E-state index contributed by atoms with van der Waals surface area (Å²) in [6.45, 7) is 1.26. The number of hydrogen-bond acceptors (Lipinski definition) is 3. The van der Waals surface area contributed by atoms with Crippen LogP contribution in [0, 0.1) is 5.92 Å². The van der Waals surface area contributed by atoms with E-state index in [0.29, 0.717) is 13.2 Å². The van der Waals surface area contributed by atoms with E-state index in [4.69, 9.17) is 10.5 Å². The summed E-state index contributed by atoms with van der Waals surface area (Å²) in [4.78, 5) is 10.9. The number of rotatable bonds is 0. The van der Waals surface area contributed by atoms with Crippen molar-refractivity contribution in [3.05, 3.63) is 0 Å². The molecule has 5 heteroatoms. The van der Waals surface area contributed by atoms with Crippen molar-refractivity contribution in [2.75, 3.05) is 13.2 Å². The van der Waals surface area contributed by atoms with Crippen molar-refractivity contribution in [1.82, 2.24) is 5.32 Å². The molecule has 0 radical (unpaired) electrons. The van der Waals surface area contributed by atoms with Crippen molar-refractivity contribution in [3.63, 3.8) is 0 Å². The summed E-state index contributed by atoms with van der Waals surface area (Å²) in [5, 5.41) is 2.78. The molecule has 2 fully saturated rings. The predicted molar refractivity (Wildman–Crippen MR) is 41.5 cm³/mol. The maximum atomic E-state index is 10.9. The van der Waals surface area contributed by atoms with Gasteiger partial charge in [0.05, 0.1) is 25.3 Å². The maximum Gasteiger partial charge on any atom is 0.237 e. The fourth-order valence-corrected chi connectivity index (χ4v) is 1.55. The zero-order valence-corrected chi connectivity index (χ0v) is 6.76. The molecule has 11 heavy (non-hydrogen) atoms. The van der Waals surface area contributed by atoms with Gasteiger partial charge in [-0.3, -0.25) is 4.79 Å². The lowest BCUT2D eigenvalue weighted by Gasteiger charge is -2.05. The Morgan fingerprint density at radius 2 is 2.27 bits per heavy atom. The van der Waals surface area contributed by atoms with Crippen LogP contribution in [0.4, 0.5) is 0 Å². The Morgan fingerprint density at radius 3 is 2.91 bits per heavy atom. The molecule has 0 spiro atoms. The van der Waals surface area contributed by atoms with E-state index < -0.39 is 0 Å². The second-order valence-corrected chi connectivity index (χ2v) is 2.84. The number of nitrogens with one attached hydrogen (secondary N) is 1. The summed E-state index contributed by atoms with van der Waals surface area (Å²) >= 11 is 0. The quantitative estimate of drug-likeness (QED) is 0.494. The van der Waals surface area contributed by atoms with Crippen LogP contribution < -0.4 is 11.1 Å². The van der Waals surface area contributed by atoms with E-state index in [-0.39, 0.29) is 36.3 Å². The highest BCUT2D eigenvalue weighted by Crippen LogP contribution is 2.21. The lowest BCUT2D eigenvalue weighted by atomic mass is 10.0. The molecular weight excluding hydrogens is 168 g/mol. The fourth-order valence-electron chi connectivity index (χ4n) is 1.55. The minimum atomic E-state index is -0.340. The van der Waals surface area contributed by atoms with Crippen molar-refractivity contribution in [2.24, 2.45) is 11.7 Å². The molecule has 1 amide bonds. The van der Waals surface area contributed by atoms with Crippen LogP contribution in [0.1, 0.15) is 0 Å². The average molecular weight is 179 g/mol. The second-order valence-electron chi connectivity index (χ2n) is 2.84. The fraction of sp³-hybridized carbons (Fsp3) is 0.833. The molecule has 0 aromatic heterocycles. The smallest absolute Gasteiger partial charge is 0.237 e. The minimum Gasteiger partial charge on any atom is -0.379 e. The Labute approximate surface area is 70.9 Å². The van der Waals surface area contributed by atoms with Crippen molar-refractivity contribution in [3.8, 4) is 0 Å². The van der Waals surface area contributed by atoms with Crippen molar-refractivity contribution >= 4 is 18.3 Å². The summed E-state index contributed by atoms with van der Waals surface area (Å²) in [7, 11) is 0. The zero-order valence-electron chi connectivity index (χ0n) is 5.95. The average Bonchev–Trinajstić information content (AvgIpc) is 2.41. The summed E-state index contributed by atoms with van der Waals surface area (Å²) in [6, 6.07) is -0.157. The third-order valence-corrected chi connectivity index (χ3v) is 2.22. The van der Waals surface area contributed by atoms with E-state index in [9.17, 15) is 4.79 Å². The first-order valence-electron chi connectivity index (χ1n) is 3.43. The van der Waals surface area contributed by atoms with E-state index in [0.717, 1.165) is 0 Å².